The molecule has 37 heavy (non-hydrogen) atoms. The van der Waals surface area contributed by atoms with Gasteiger partial charge in [0.05, 0.1) is 25.8 Å². The Morgan fingerprint density at radius 3 is 2.27 bits per heavy atom. The van der Waals surface area contributed by atoms with Crippen LogP contribution < -0.4 is 14.8 Å². The van der Waals surface area contributed by atoms with E-state index in [0.29, 0.717) is 30.0 Å². The Labute approximate surface area is 214 Å². The minimum Gasteiger partial charge on any atom is -0.493 e. The molecule has 1 amide bonds. The van der Waals surface area contributed by atoms with Gasteiger partial charge in [-0.1, -0.05) is 54.6 Å². The average Bonchev–Trinajstić information content (AvgIpc) is 2.91. The summed E-state index contributed by atoms with van der Waals surface area (Å²) in [5.74, 6) is 1.03. The van der Waals surface area contributed by atoms with E-state index in [4.69, 9.17) is 9.47 Å². The number of nitrogens with one attached hydrogen (secondary N) is 1. The molecule has 0 aliphatic carbocycles. The van der Waals surface area contributed by atoms with Gasteiger partial charge in [0.1, 0.15) is 6.04 Å². The maximum absolute atomic E-state index is 13.2. The van der Waals surface area contributed by atoms with Crippen molar-refractivity contribution in [2.75, 3.05) is 27.8 Å². The van der Waals surface area contributed by atoms with Gasteiger partial charge in [-0.3, -0.25) is 9.69 Å². The number of ether oxygens (including phenoxy) is 2. The van der Waals surface area contributed by atoms with E-state index in [1.54, 1.807) is 27.3 Å². The Kier molecular flexibility index (Phi) is 7.88. The number of likely N-dealkylation sites (N-methyl/N-ethyl adjacent to an activating group) is 1. The summed E-state index contributed by atoms with van der Waals surface area (Å²) in [5.41, 5.74) is 2.77. The van der Waals surface area contributed by atoms with Gasteiger partial charge in [0.2, 0.25) is 5.91 Å². The summed E-state index contributed by atoms with van der Waals surface area (Å²) in [7, 11) is 4.75. The molecule has 1 heterocycles. The zero-order valence-electron chi connectivity index (χ0n) is 20.9. The highest BCUT2D eigenvalue weighted by atomic mass is 19.4. The number of benzene rings is 3. The third-order valence-electron chi connectivity index (χ3n) is 6.61. The van der Waals surface area contributed by atoms with Crippen LogP contribution in [-0.2, 0) is 17.4 Å². The Morgan fingerprint density at radius 2 is 1.68 bits per heavy atom. The molecule has 3 aromatic rings. The lowest BCUT2D eigenvalue weighted by atomic mass is 9.88. The van der Waals surface area contributed by atoms with Gasteiger partial charge in [-0.15, -0.1) is 0 Å². The topological polar surface area (TPSA) is 50.8 Å². The first-order valence-electron chi connectivity index (χ1n) is 11.9. The summed E-state index contributed by atoms with van der Waals surface area (Å²) in [6.07, 6.45) is -0.00502. The number of alkyl halides is 3. The van der Waals surface area contributed by atoms with E-state index >= 15 is 0 Å². The monoisotopic (exact) mass is 510 g/mol. The Balaban J connectivity index is 1.80. The van der Waals surface area contributed by atoms with Gasteiger partial charge in [-0.05, 0) is 52.9 Å². The maximum Gasteiger partial charge on any atom is 0.416 e. The van der Waals surface area contributed by atoms with Crippen molar-refractivity contribution in [3.63, 3.8) is 0 Å². The summed E-state index contributed by atoms with van der Waals surface area (Å²) < 4.78 is 50.1. The van der Waals surface area contributed by atoms with E-state index in [-0.39, 0.29) is 11.9 Å². The number of amides is 1. The molecule has 0 saturated carbocycles. The van der Waals surface area contributed by atoms with Crippen LogP contribution in [0.15, 0.2) is 72.8 Å². The zero-order chi connectivity index (χ0) is 26.6. The van der Waals surface area contributed by atoms with Crippen molar-refractivity contribution in [3.05, 3.63) is 101 Å². The summed E-state index contributed by atoms with van der Waals surface area (Å²) in [6.45, 7) is 0.581. The van der Waals surface area contributed by atoms with E-state index in [0.717, 1.165) is 28.8 Å². The maximum atomic E-state index is 13.2. The van der Waals surface area contributed by atoms with E-state index in [9.17, 15) is 18.0 Å². The summed E-state index contributed by atoms with van der Waals surface area (Å²) in [6, 6.07) is 17.5. The number of methoxy groups -OCH3 is 2. The molecule has 1 N–H and O–H groups in total. The van der Waals surface area contributed by atoms with Gasteiger partial charge < -0.3 is 14.8 Å². The highest BCUT2D eigenvalue weighted by Crippen LogP contribution is 2.42. The van der Waals surface area contributed by atoms with E-state index in [1.165, 1.54) is 12.1 Å². The number of carbonyl (C=O) groups excluding carboxylic acids is 1. The molecule has 2 atom stereocenters. The lowest BCUT2D eigenvalue weighted by Gasteiger charge is -2.40. The van der Waals surface area contributed by atoms with Crippen molar-refractivity contribution in [3.8, 4) is 11.5 Å². The van der Waals surface area contributed by atoms with Crippen molar-refractivity contribution >= 4 is 12.0 Å². The van der Waals surface area contributed by atoms with E-state index in [2.05, 4.69) is 10.2 Å². The fourth-order valence-electron chi connectivity index (χ4n) is 4.75. The Morgan fingerprint density at radius 1 is 1.03 bits per heavy atom. The van der Waals surface area contributed by atoms with Crippen LogP contribution in [0.1, 0.15) is 39.9 Å². The molecule has 0 fully saturated rings. The second kappa shape index (κ2) is 11.1. The van der Waals surface area contributed by atoms with Crippen LogP contribution in [0.25, 0.3) is 6.08 Å². The third-order valence-corrected chi connectivity index (χ3v) is 6.61. The molecule has 1 aliphatic heterocycles. The predicted molar refractivity (Wildman–Crippen MR) is 136 cm³/mol. The highest BCUT2D eigenvalue weighted by molar-refractivity contribution is 5.83. The quantitative estimate of drug-likeness (QED) is 0.435. The van der Waals surface area contributed by atoms with Gasteiger partial charge in [-0.25, -0.2) is 0 Å². The first-order valence-corrected chi connectivity index (χ1v) is 11.9. The smallest absolute Gasteiger partial charge is 0.416 e. The molecular weight excluding hydrogens is 481 g/mol. The molecule has 0 aromatic heterocycles. The zero-order valence-corrected chi connectivity index (χ0v) is 20.9. The van der Waals surface area contributed by atoms with Crippen LogP contribution >= 0.6 is 0 Å². The summed E-state index contributed by atoms with van der Waals surface area (Å²) in [4.78, 5) is 15.3. The van der Waals surface area contributed by atoms with Crippen molar-refractivity contribution in [2.45, 2.75) is 24.7 Å². The summed E-state index contributed by atoms with van der Waals surface area (Å²) in [5, 5.41) is 2.78. The molecule has 0 bridgehead atoms. The molecule has 4 rings (SSSR count). The van der Waals surface area contributed by atoms with Gasteiger partial charge in [-0.2, -0.15) is 13.2 Å². The van der Waals surface area contributed by atoms with Crippen LogP contribution in [-0.4, -0.2) is 38.6 Å². The van der Waals surface area contributed by atoms with Gasteiger partial charge in [0.25, 0.3) is 0 Å². The van der Waals surface area contributed by atoms with Crippen molar-refractivity contribution < 1.29 is 27.4 Å². The lowest BCUT2D eigenvalue weighted by molar-refractivity contribution is -0.137. The molecule has 5 nitrogen and oxygen atoms in total. The van der Waals surface area contributed by atoms with Gasteiger partial charge in [0.15, 0.2) is 11.5 Å². The van der Waals surface area contributed by atoms with Crippen molar-refractivity contribution in [2.24, 2.45) is 0 Å². The number of halogens is 3. The number of rotatable bonds is 7. The number of carbonyl (C=O) groups is 1. The van der Waals surface area contributed by atoms with Crippen LogP contribution in [0.5, 0.6) is 11.5 Å². The molecule has 1 aliphatic rings. The standard InChI is InChI=1S/C29H29F3N2O3/c1-33-28(35)27(20-7-5-4-6-8-20)34-16-15-21-17-25(36-2)26(37-3)18-23(21)24(34)14-11-19-9-12-22(13-10-19)29(30,31)32/h4-14,17-18,24,27H,15-16H2,1-3H3,(H,33,35)/t24-,27+/m0/s1. The average molecular weight is 511 g/mol. The SMILES string of the molecule is CNC(=O)[C@@H](c1ccccc1)N1CCc2cc(OC)c(OC)cc2[C@@H]1C=Cc1ccc(C(F)(F)F)cc1. The predicted octanol–water partition coefficient (Wildman–Crippen LogP) is 5.82. The highest BCUT2D eigenvalue weighted by Gasteiger charge is 2.36. The molecule has 0 unspecified atom stereocenters. The molecule has 194 valence electrons. The number of nitrogens with zero attached hydrogens (tertiary/aromatic N) is 1. The molecular formula is C29H29F3N2O3. The number of fused-ring (bicyclic) bond motifs is 1. The van der Waals surface area contributed by atoms with E-state index in [1.807, 2.05) is 48.5 Å². The number of hydrogen-bond donors (Lipinski definition) is 1. The lowest BCUT2D eigenvalue weighted by Crippen LogP contribution is -2.44. The second-order valence-electron chi connectivity index (χ2n) is 8.75. The minimum atomic E-state index is -4.40. The Bertz CT molecular complexity index is 1260. The van der Waals surface area contributed by atoms with Crippen LogP contribution in [0, 0.1) is 0 Å². The first kappa shape index (κ1) is 26.3. The Hall–Kier alpha value is -3.78. The van der Waals surface area contributed by atoms with Crippen LogP contribution in [0.4, 0.5) is 13.2 Å². The minimum absolute atomic E-state index is 0.150. The molecule has 0 radical (unpaired) electrons. The van der Waals surface area contributed by atoms with Crippen molar-refractivity contribution in [1.29, 1.82) is 0 Å². The summed E-state index contributed by atoms with van der Waals surface area (Å²) >= 11 is 0. The second-order valence-corrected chi connectivity index (χ2v) is 8.75. The normalized spacial score (nSPS) is 16.8. The van der Waals surface area contributed by atoms with Crippen molar-refractivity contribution in [1.82, 2.24) is 10.2 Å². The van der Waals surface area contributed by atoms with Crippen LogP contribution in [0.3, 0.4) is 0 Å². The van der Waals surface area contributed by atoms with Gasteiger partial charge >= 0.3 is 6.18 Å². The molecule has 8 heteroatoms. The largest absolute Gasteiger partial charge is 0.493 e. The molecule has 0 spiro atoms. The molecule has 0 saturated heterocycles. The molecule has 3 aromatic carbocycles. The van der Waals surface area contributed by atoms with Gasteiger partial charge in [0, 0.05) is 13.6 Å². The van der Waals surface area contributed by atoms with Crippen LogP contribution in [0.2, 0.25) is 0 Å². The number of hydrogen-bond acceptors (Lipinski definition) is 4. The van der Waals surface area contributed by atoms with E-state index < -0.39 is 17.8 Å². The first-order chi connectivity index (χ1) is 17.8. The fourth-order valence-corrected chi connectivity index (χ4v) is 4.75. The fraction of sp³-hybridized carbons (Fsp3) is 0.276. The third kappa shape index (κ3) is 5.64.